The number of allylic oxidation sites excluding steroid dienone is 1. The lowest BCUT2D eigenvalue weighted by Crippen LogP contribution is -2.66. The molecule has 2 fully saturated rings. The lowest BCUT2D eigenvalue weighted by atomic mass is 9.42. The second-order valence-electron chi connectivity index (χ2n) is 11.9. The Bertz CT molecular complexity index is 1760. The molecule has 1 heterocycles. The minimum Gasteiger partial charge on any atom is -0.497 e. The fraction of sp³-hybridized carbons (Fsp3) is 0.237. The van der Waals surface area contributed by atoms with Gasteiger partial charge < -0.3 is 14.2 Å². The Labute approximate surface area is 246 Å². The van der Waals surface area contributed by atoms with Crippen LogP contribution < -0.4 is 9.47 Å². The molecule has 4 heteroatoms. The van der Waals surface area contributed by atoms with Crippen LogP contribution in [0.4, 0.5) is 0 Å². The first-order chi connectivity index (χ1) is 20.6. The second kappa shape index (κ2) is 8.96. The van der Waals surface area contributed by atoms with Crippen molar-refractivity contribution in [3.63, 3.8) is 0 Å². The summed E-state index contributed by atoms with van der Waals surface area (Å²) < 4.78 is 18.2. The maximum atomic E-state index is 15.1. The summed E-state index contributed by atoms with van der Waals surface area (Å²) in [5.41, 5.74) is 5.65. The molecule has 0 radical (unpaired) electrons. The molecule has 0 bridgehead atoms. The third-order valence-corrected chi connectivity index (χ3v) is 10.0. The highest BCUT2D eigenvalue weighted by Gasteiger charge is 2.80. The molecule has 1 spiro atoms. The van der Waals surface area contributed by atoms with Gasteiger partial charge in [0.25, 0.3) is 0 Å². The van der Waals surface area contributed by atoms with Gasteiger partial charge in [-0.3, -0.25) is 4.79 Å². The molecule has 0 aromatic heterocycles. The first-order valence-electron chi connectivity index (χ1n) is 14.7. The monoisotopic (exact) mass is 552 g/mol. The van der Waals surface area contributed by atoms with Crippen molar-refractivity contribution in [2.75, 3.05) is 14.2 Å². The standard InChI is InChI=1S/C38H32O4/c1-40-29-17-13-27(14-18-29)32-31(25-9-5-3-6-10-25)36(21-22-36)35(39)38-24-23-37(32,38)33(26-11-7-4-8-12-26)34(42-38)28-15-19-30(41-2)20-16-28/h3-20H,21-24H2,1-2H3. The predicted molar refractivity (Wildman–Crippen MR) is 165 cm³/mol. The molecule has 2 saturated carbocycles. The predicted octanol–water partition coefficient (Wildman–Crippen LogP) is 8.10. The van der Waals surface area contributed by atoms with E-state index in [-0.39, 0.29) is 5.78 Å². The molecule has 208 valence electrons. The number of methoxy groups -OCH3 is 2. The second-order valence-corrected chi connectivity index (χ2v) is 11.9. The Morgan fingerprint density at radius 2 is 1.05 bits per heavy atom. The fourth-order valence-corrected chi connectivity index (χ4v) is 7.95. The molecule has 8 rings (SSSR count). The van der Waals surface area contributed by atoms with E-state index in [4.69, 9.17) is 14.2 Å². The average Bonchev–Trinajstić information content (AvgIpc) is 3.81. The molecular formula is C38H32O4. The molecule has 42 heavy (non-hydrogen) atoms. The number of ketones is 1. The van der Waals surface area contributed by atoms with Gasteiger partial charge in [-0.15, -0.1) is 0 Å². The highest BCUT2D eigenvalue weighted by Crippen LogP contribution is 2.80. The molecule has 4 aliphatic rings. The molecule has 1 aliphatic heterocycles. The Hall–Kier alpha value is -4.57. The zero-order valence-corrected chi connectivity index (χ0v) is 23.9. The van der Waals surface area contributed by atoms with Crippen LogP contribution in [-0.2, 0) is 9.53 Å². The van der Waals surface area contributed by atoms with E-state index < -0.39 is 16.4 Å². The third-order valence-electron chi connectivity index (χ3n) is 10.0. The largest absolute Gasteiger partial charge is 0.497 e. The summed E-state index contributed by atoms with van der Waals surface area (Å²) in [5.74, 6) is 2.64. The first-order valence-corrected chi connectivity index (χ1v) is 14.7. The lowest BCUT2D eigenvalue weighted by molar-refractivity contribution is -0.160. The topological polar surface area (TPSA) is 44.8 Å². The summed E-state index contributed by atoms with van der Waals surface area (Å²) in [6.07, 6.45) is 3.21. The molecule has 2 unspecified atom stereocenters. The number of Topliss-reactive ketones (excluding diaryl/α,β-unsaturated/α-hetero) is 1. The zero-order chi connectivity index (χ0) is 28.5. The van der Waals surface area contributed by atoms with Gasteiger partial charge in [0.2, 0.25) is 0 Å². The van der Waals surface area contributed by atoms with Crippen molar-refractivity contribution in [2.45, 2.75) is 31.3 Å². The molecule has 4 aromatic carbocycles. The molecule has 2 atom stereocenters. The highest BCUT2D eigenvalue weighted by molar-refractivity contribution is 6.23. The number of carbonyl (C=O) groups excluding carboxylic acids is 1. The quantitative estimate of drug-likeness (QED) is 0.242. The zero-order valence-electron chi connectivity index (χ0n) is 23.9. The van der Waals surface area contributed by atoms with Crippen molar-refractivity contribution < 1.29 is 19.0 Å². The van der Waals surface area contributed by atoms with Crippen LogP contribution >= 0.6 is 0 Å². The van der Waals surface area contributed by atoms with Crippen molar-refractivity contribution in [1.82, 2.24) is 0 Å². The Kier molecular flexibility index (Phi) is 5.37. The van der Waals surface area contributed by atoms with Crippen LogP contribution in [0.25, 0.3) is 22.5 Å². The maximum Gasteiger partial charge on any atom is 0.188 e. The third kappa shape index (κ3) is 3.15. The summed E-state index contributed by atoms with van der Waals surface area (Å²) in [5, 5.41) is 0. The van der Waals surface area contributed by atoms with Crippen LogP contribution in [-0.4, -0.2) is 25.6 Å². The minimum absolute atomic E-state index is 0.245. The lowest BCUT2D eigenvalue weighted by Gasteiger charge is -2.60. The Morgan fingerprint density at radius 1 is 0.548 bits per heavy atom. The van der Waals surface area contributed by atoms with Gasteiger partial charge in [0.15, 0.2) is 11.4 Å². The first kappa shape index (κ1) is 25.2. The summed E-state index contributed by atoms with van der Waals surface area (Å²) in [4.78, 5) is 15.1. The Balaban J connectivity index is 1.49. The SMILES string of the molecule is COc1ccc(C2=C(c3ccccc3)C34CCC3(O2)C(=O)C2(CC2)C(c2ccccc2)=C4c2ccc(OC)cc2)cc1. The van der Waals surface area contributed by atoms with Crippen molar-refractivity contribution in [3.05, 3.63) is 131 Å². The van der Waals surface area contributed by atoms with E-state index in [1.54, 1.807) is 14.2 Å². The van der Waals surface area contributed by atoms with E-state index in [1.165, 1.54) is 11.1 Å². The summed E-state index contributed by atoms with van der Waals surface area (Å²) in [7, 11) is 3.37. The Morgan fingerprint density at radius 3 is 1.52 bits per heavy atom. The van der Waals surface area contributed by atoms with Gasteiger partial charge in [-0.1, -0.05) is 72.8 Å². The fourth-order valence-electron chi connectivity index (χ4n) is 7.95. The number of rotatable bonds is 6. The van der Waals surface area contributed by atoms with Crippen molar-refractivity contribution in [2.24, 2.45) is 10.8 Å². The summed E-state index contributed by atoms with van der Waals surface area (Å²) in [6, 6.07) is 37.5. The number of hydrogen-bond donors (Lipinski definition) is 0. The van der Waals surface area contributed by atoms with Gasteiger partial charge in [-0.25, -0.2) is 0 Å². The van der Waals surface area contributed by atoms with Crippen LogP contribution in [0.5, 0.6) is 11.5 Å². The van der Waals surface area contributed by atoms with E-state index in [0.29, 0.717) is 6.42 Å². The van der Waals surface area contributed by atoms with Gasteiger partial charge in [0.05, 0.1) is 25.0 Å². The van der Waals surface area contributed by atoms with Gasteiger partial charge in [-0.2, -0.15) is 0 Å². The van der Waals surface area contributed by atoms with E-state index in [0.717, 1.165) is 64.3 Å². The number of benzene rings is 4. The molecular weight excluding hydrogens is 520 g/mol. The highest BCUT2D eigenvalue weighted by atomic mass is 16.5. The van der Waals surface area contributed by atoms with Gasteiger partial charge in [-0.05, 0) is 89.9 Å². The van der Waals surface area contributed by atoms with Gasteiger partial charge in [0, 0.05) is 11.1 Å². The summed E-state index contributed by atoms with van der Waals surface area (Å²) >= 11 is 0. The van der Waals surface area contributed by atoms with Gasteiger partial charge in [0.1, 0.15) is 17.3 Å². The van der Waals surface area contributed by atoms with Crippen LogP contribution in [0.2, 0.25) is 0 Å². The molecule has 0 N–H and O–H groups in total. The molecule has 0 amide bonds. The van der Waals surface area contributed by atoms with Crippen LogP contribution in [0.3, 0.4) is 0 Å². The van der Waals surface area contributed by atoms with E-state index in [2.05, 4.69) is 60.7 Å². The molecule has 4 nitrogen and oxygen atoms in total. The minimum atomic E-state index is -0.947. The molecule has 0 saturated heterocycles. The van der Waals surface area contributed by atoms with Crippen LogP contribution in [0.15, 0.2) is 109 Å². The van der Waals surface area contributed by atoms with Gasteiger partial charge >= 0.3 is 0 Å². The van der Waals surface area contributed by atoms with E-state index in [9.17, 15) is 0 Å². The normalized spacial score (nSPS) is 25.0. The van der Waals surface area contributed by atoms with Crippen LogP contribution in [0, 0.1) is 10.8 Å². The number of hydrogen-bond acceptors (Lipinski definition) is 4. The van der Waals surface area contributed by atoms with E-state index >= 15 is 4.79 Å². The number of carbonyl (C=O) groups is 1. The summed E-state index contributed by atoms with van der Waals surface area (Å²) in [6.45, 7) is 0. The van der Waals surface area contributed by atoms with Crippen molar-refractivity contribution in [1.29, 1.82) is 0 Å². The molecule has 4 aromatic rings. The van der Waals surface area contributed by atoms with Crippen LogP contribution in [0.1, 0.15) is 47.9 Å². The van der Waals surface area contributed by atoms with Crippen molar-refractivity contribution in [3.8, 4) is 11.5 Å². The van der Waals surface area contributed by atoms with E-state index in [1.807, 2.05) is 48.5 Å². The molecule has 3 aliphatic carbocycles. The van der Waals surface area contributed by atoms with Crippen molar-refractivity contribution >= 4 is 28.3 Å². The smallest absolute Gasteiger partial charge is 0.188 e. The maximum absolute atomic E-state index is 15.1. The number of ether oxygens (including phenoxy) is 3. The average molecular weight is 553 g/mol.